The minimum atomic E-state index is 0.295. The van der Waals surface area contributed by atoms with Crippen LogP contribution in [0.4, 0.5) is 0 Å². The average molecular weight is 155 g/mol. The van der Waals surface area contributed by atoms with Crippen molar-refractivity contribution >= 4 is 39.9 Å². The Morgan fingerprint density at radius 1 is 2.00 bits per heavy atom. The summed E-state index contributed by atoms with van der Waals surface area (Å²) >= 11 is 9.10. The summed E-state index contributed by atoms with van der Waals surface area (Å²) in [6.45, 7) is 0.295. The van der Waals surface area contributed by atoms with Gasteiger partial charge in [0.1, 0.15) is 11.6 Å². The predicted molar refractivity (Wildman–Crippen MR) is 39.3 cm³/mol. The van der Waals surface area contributed by atoms with E-state index in [0.717, 1.165) is 11.1 Å². The summed E-state index contributed by atoms with van der Waals surface area (Å²) < 4.78 is 4.61. The number of thiocarbonyl (C=S) groups is 1. The Morgan fingerprint density at radius 2 is 2.57 bits per heavy atom. The molecule has 0 aromatic rings. The van der Waals surface area contributed by atoms with Crippen LogP contribution < -0.4 is 5.73 Å². The van der Waals surface area contributed by atoms with Gasteiger partial charge in [-0.1, -0.05) is 23.9 Å². The molecule has 0 unspecified atom stereocenters. The van der Waals surface area contributed by atoms with Gasteiger partial charge in [-0.3, -0.25) is 4.18 Å². The third-order valence-electron chi connectivity index (χ3n) is 0.254. The van der Waals surface area contributed by atoms with Gasteiger partial charge in [0.15, 0.2) is 0 Å². The van der Waals surface area contributed by atoms with Crippen molar-refractivity contribution in [2.75, 3.05) is 6.61 Å². The van der Waals surface area contributed by atoms with E-state index in [0.29, 0.717) is 11.6 Å². The maximum Gasteiger partial charge on any atom is 0.112 e. The van der Waals surface area contributed by atoms with Crippen LogP contribution in [-0.2, 0) is 4.18 Å². The highest BCUT2D eigenvalue weighted by Crippen LogP contribution is 2.04. The number of thiol groups is 1. The molecule has 0 bridgehead atoms. The molecule has 0 fully saturated rings. The molecule has 7 heavy (non-hydrogen) atoms. The Labute approximate surface area is 56.8 Å². The summed E-state index contributed by atoms with van der Waals surface area (Å²) in [6, 6.07) is 0. The highest BCUT2D eigenvalue weighted by atomic mass is 33.1. The Kier molecular flexibility index (Phi) is 5.07. The molecule has 0 atom stereocenters. The predicted octanol–water partition coefficient (Wildman–Crippen LogP) is 0.782. The van der Waals surface area contributed by atoms with Gasteiger partial charge in [0.2, 0.25) is 0 Å². The van der Waals surface area contributed by atoms with E-state index >= 15 is 0 Å². The monoisotopic (exact) mass is 155 g/mol. The summed E-state index contributed by atoms with van der Waals surface area (Å²) in [5.41, 5.74) is 5.04. The van der Waals surface area contributed by atoms with Gasteiger partial charge >= 0.3 is 0 Å². The number of hydrogen-bond donors (Lipinski definition) is 2. The van der Waals surface area contributed by atoms with Gasteiger partial charge in [-0.05, 0) is 0 Å². The SMILES string of the molecule is NC(=S)COSS. The van der Waals surface area contributed by atoms with Crippen LogP contribution in [-0.4, -0.2) is 11.6 Å². The maximum absolute atomic E-state index is 5.04. The quantitative estimate of drug-likeness (QED) is 0.273. The summed E-state index contributed by atoms with van der Waals surface area (Å²) in [4.78, 5) is 0.349. The second-order valence-electron chi connectivity index (χ2n) is 0.803. The zero-order chi connectivity index (χ0) is 5.70. The first-order valence-electron chi connectivity index (χ1n) is 1.48. The van der Waals surface area contributed by atoms with Gasteiger partial charge in [-0.15, -0.1) is 0 Å². The molecule has 0 rings (SSSR count). The van der Waals surface area contributed by atoms with Crippen LogP contribution in [0.2, 0.25) is 0 Å². The second kappa shape index (κ2) is 4.70. The lowest BCUT2D eigenvalue weighted by Crippen LogP contribution is -2.12. The number of hydrogen-bond acceptors (Lipinski definition) is 4. The van der Waals surface area contributed by atoms with Crippen LogP contribution >= 0.6 is 35.0 Å². The van der Waals surface area contributed by atoms with Crippen molar-refractivity contribution in [3.05, 3.63) is 0 Å². The molecule has 0 amide bonds. The fourth-order valence-corrected chi connectivity index (χ4v) is 0.556. The molecule has 0 spiro atoms. The van der Waals surface area contributed by atoms with Crippen molar-refractivity contribution in [3.8, 4) is 0 Å². The standard InChI is InChI=1S/C2H5NOS3/c3-2(5)1-4-7-6/h6H,1H2,(H2,3,5). The van der Waals surface area contributed by atoms with E-state index in [9.17, 15) is 0 Å². The Hall–Kier alpha value is 0.550. The highest BCUT2D eigenvalue weighted by Gasteiger charge is 1.84. The van der Waals surface area contributed by atoms with Gasteiger partial charge in [-0.25, -0.2) is 0 Å². The molecular weight excluding hydrogens is 150 g/mol. The molecule has 0 heterocycles. The summed E-state index contributed by atoms with van der Waals surface area (Å²) in [5.74, 6) is 0. The fraction of sp³-hybridized carbons (Fsp3) is 0.500. The average Bonchev–Trinajstić information content (AvgIpc) is 1.61. The van der Waals surface area contributed by atoms with Crippen LogP contribution in [0, 0.1) is 0 Å². The van der Waals surface area contributed by atoms with Gasteiger partial charge in [0.05, 0.1) is 11.1 Å². The van der Waals surface area contributed by atoms with Crippen LogP contribution in [0.5, 0.6) is 0 Å². The van der Waals surface area contributed by atoms with Gasteiger partial charge in [-0.2, -0.15) is 0 Å². The van der Waals surface area contributed by atoms with E-state index in [1.165, 1.54) is 0 Å². The van der Waals surface area contributed by atoms with Crippen LogP contribution in [0.1, 0.15) is 0 Å². The van der Waals surface area contributed by atoms with Gasteiger partial charge < -0.3 is 5.73 Å². The molecule has 0 saturated heterocycles. The molecule has 2 N–H and O–H groups in total. The molecule has 0 aliphatic rings. The third-order valence-corrected chi connectivity index (χ3v) is 0.911. The molecule has 42 valence electrons. The molecule has 0 aliphatic carbocycles. The van der Waals surface area contributed by atoms with Crippen molar-refractivity contribution in [2.45, 2.75) is 0 Å². The normalized spacial score (nSPS) is 8.71. The molecule has 0 saturated carbocycles. The molecule has 0 aliphatic heterocycles. The topological polar surface area (TPSA) is 35.2 Å². The number of rotatable bonds is 3. The van der Waals surface area contributed by atoms with E-state index < -0.39 is 0 Å². The maximum atomic E-state index is 5.04. The molecule has 0 aromatic carbocycles. The van der Waals surface area contributed by atoms with E-state index in [1.807, 2.05) is 0 Å². The van der Waals surface area contributed by atoms with E-state index in [1.54, 1.807) is 0 Å². The summed E-state index contributed by atoms with van der Waals surface area (Å²) in [6.07, 6.45) is 0. The van der Waals surface area contributed by atoms with E-state index in [4.69, 9.17) is 5.73 Å². The second-order valence-corrected chi connectivity index (χ2v) is 2.16. The van der Waals surface area contributed by atoms with Crippen LogP contribution in [0.25, 0.3) is 0 Å². The van der Waals surface area contributed by atoms with E-state index in [-0.39, 0.29) is 0 Å². The zero-order valence-electron chi connectivity index (χ0n) is 3.46. The van der Waals surface area contributed by atoms with Gasteiger partial charge in [0, 0.05) is 0 Å². The first-order valence-corrected chi connectivity index (χ1v) is 3.69. The molecule has 2 nitrogen and oxygen atoms in total. The van der Waals surface area contributed by atoms with Crippen molar-refractivity contribution < 1.29 is 4.18 Å². The van der Waals surface area contributed by atoms with Crippen molar-refractivity contribution in [1.82, 2.24) is 0 Å². The first kappa shape index (κ1) is 7.55. The lowest BCUT2D eigenvalue weighted by molar-refractivity contribution is 0.453. The number of nitrogens with two attached hydrogens (primary N) is 1. The largest absolute Gasteiger partial charge is 0.391 e. The lowest BCUT2D eigenvalue weighted by atomic mass is 10.7. The minimum absolute atomic E-state index is 0.295. The Balaban J connectivity index is 2.82. The van der Waals surface area contributed by atoms with Crippen molar-refractivity contribution in [1.29, 1.82) is 0 Å². The Morgan fingerprint density at radius 3 is 2.71 bits per heavy atom. The molecule has 0 radical (unpaired) electrons. The lowest BCUT2D eigenvalue weighted by Gasteiger charge is -1.91. The van der Waals surface area contributed by atoms with Crippen molar-refractivity contribution in [3.63, 3.8) is 0 Å². The summed E-state index contributed by atoms with van der Waals surface area (Å²) in [5, 5.41) is 0. The van der Waals surface area contributed by atoms with Crippen molar-refractivity contribution in [2.24, 2.45) is 5.73 Å². The summed E-state index contributed by atoms with van der Waals surface area (Å²) in [7, 11) is 0. The van der Waals surface area contributed by atoms with E-state index in [2.05, 4.69) is 28.1 Å². The fourth-order valence-electron chi connectivity index (χ4n) is 0.0844. The Bertz CT molecular complexity index is 66.0. The van der Waals surface area contributed by atoms with Gasteiger partial charge in [0.25, 0.3) is 0 Å². The minimum Gasteiger partial charge on any atom is -0.391 e. The van der Waals surface area contributed by atoms with Crippen LogP contribution in [0.15, 0.2) is 0 Å². The zero-order valence-corrected chi connectivity index (χ0v) is 5.98. The first-order chi connectivity index (χ1) is 3.27. The molecule has 5 heteroatoms. The highest BCUT2D eigenvalue weighted by molar-refractivity contribution is 8.66. The van der Waals surface area contributed by atoms with Crippen LogP contribution in [0.3, 0.4) is 0 Å². The smallest absolute Gasteiger partial charge is 0.112 e. The molecule has 0 aromatic heterocycles. The third kappa shape index (κ3) is 6.55. The molecular formula is C2H5NOS3.